The SMILES string of the molecule is CC[C@@]12C=C(COC(=S)Nc3ccc(C(F)(F)F)cc3)n3c4c(c5ccccc53)CCN(CCC1)[C@H]42. The van der Waals surface area contributed by atoms with E-state index in [1.165, 1.54) is 40.7 Å². The van der Waals surface area contributed by atoms with Gasteiger partial charge >= 0.3 is 6.18 Å². The van der Waals surface area contributed by atoms with Crippen LogP contribution >= 0.6 is 12.2 Å². The van der Waals surface area contributed by atoms with E-state index in [4.69, 9.17) is 17.0 Å². The molecule has 6 rings (SSSR count). The third-order valence-corrected chi connectivity index (χ3v) is 8.35. The topological polar surface area (TPSA) is 29.4 Å². The molecule has 3 aromatic rings. The van der Waals surface area contributed by atoms with Crippen molar-refractivity contribution in [1.82, 2.24) is 9.47 Å². The van der Waals surface area contributed by atoms with Gasteiger partial charge in [0.15, 0.2) is 0 Å². The van der Waals surface area contributed by atoms with Gasteiger partial charge in [-0.2, -0.15) is 13.2 Å². The fourth-order valence-corrected chi connectivity index (χ4v) is 6.71. The van der Waals surface area contributed by atoms with Gasteiger partial charge in [0, 0.05) is 28.7 Å². The van der Waals surface area contributed by atoms with Gasteiger partial charge in [-0.1, -0.05) is 31.2 Å². The smallest absolute Gasteiger partial charge is 0.416 e. The van der Waals surface area contributed by atoms with Gasteiger partial charge in [0.2, 0.25) is 0 Å². The summed E-state index contributed by atoms with van der Waals surface area (Å²) in [5.41, 5.74) is 4.93. The highest BCUT2D eigenvalue weighted by Crippen LogP contribution is 2.56. The maximum atomic E-state index is 12.9. The Balaban J connectivity index is 1.31. The third kappa shape index (κ3) is 3.73. The second-order valence-corrected chi connectivity index (χ2v) is 10.4. The number of benzene rings is 2. The van der Waals surface area contributed by atoms with Crippen LogP contribution in [0.1, 0.15) is 49.0 Å². The number of hydrogen-bond donors (Lipinski definition) is 1. The predicted molar refractivity (Wildman–Crippen MR) is 140 cm³/mol. The number of hydrogen-bond acceptors (Lipinski definition) is 3. The summed E-state index contributed by atoms with van der Waals surface area (Å²) in [6.45, 7) is 4.79. The number of anilines is 1. The number of piperidine rings is 1. The number of ether oxygens (including phenoxy) is 1. The molecule has 36 heavy (non-hydrogen) atoms. The molecule has 2 aromatic carbocycles. The molecule has 1 fully saturated rings. The Morgan fingerprint density at radius 3 is 2.67 bits per heavy atom. The first-order valence-corrected chi connectivity index (χ1v) is 12.9. The summed E-state index contributed by atoms with van der Waals surface area (Å²) in [4.78, 5) is 2.66. The Morgan fingerprint density at radius 2 is 1.92 bits per heavy atom. The standard InChI is InChI=1S/C28H28F3N3OS/c1-2-27-13-5-14-33-15-12-22-21-6-3-4-7-23(21)34(24(22)25(27)33)20(16-27)17-35-26(36)32-19-10-8-18(9-11-19)28(29,30)31/h3-4,6-11,16,25H,2,5,12-15,17H2,1H3,(H,32,36)/t25-,27+/m1/s1. The highest BCUT2D eigenvalue weighted by molar-refractivity contribution is 7.80. The Hall–Kier alpha value is -2.84. The van der Waals surface area contributed by atoms with E-state index < -0.39 is 11.7 Å². The van der Waals surface area contributed by atoms with Crippen LogP contribution in [-0.2, 0) is 17.3 Å². The lowest BCUT2D eigenvalue weighted by molar-refractivity contribution is -0.137. The highest BCUT2D eigenvalue weighted by atomic mass is 32.1. The van der Waals surface area contributed by atoms with E-state index in [0.717, 1.165) is 50.2 Å². The molecular formula is C28H28F3N3OS. The van der Waals surface area contributed by atoms with Gasteiger partial charge in [0.05, 0.1) is 22.8 Å². The minimum Gasteiger partial charge on any atom is -0.464 e. The summed E-state index contributed by atoms with van der Waals surface area (Å²) in [6.07, 6.45) is 2.46. The van der Waals surface area contributed by atoms with Crippen LogP contribution in [0.3, 0.4) is 0 Å². The van der Waals surface area contributed by atoms with Gasteiger partial charge in [0.25, 0.3) is 5.17 Å². The minimum atomic E-state index is -4.37. The number of fused-ring (bicyclic) bond motifs is 3. The first-order valence-electron chi connectivity index (χ1n) is 12.5. The van der Waals surface area contributed by atoms with Crippen LogP contribution in [0.5, 0.6) is 0 Å². The summed E-state index contributed by atoms with van der Waals surface area (Å²) in [5.74, 6) is 0. The highest BCUT2D eigenvalue weighted by Gasteiger charge is 2.50. The molecule has 1 N–H and O–H groups in total. The van der Waals surface area contributed by atoms with E-state index in [2.05, 4.69) is 52.0 Å². The van der Waals surface area contributed by atoms with E-state index >= 15 is 0 Å². The molecule has 4 nitrogen and oxygen atoms in total. The quantitative estimate of drug-likeness (QED) is 0.381. The largest absolute Gasteiger partial charge is 0.464 e. The molecule has 0 spiro atoms. The lowest BCUT2D eigenvalue weighted by Gasteiger charge is -2.53. The van der Waals surface area contributed by atoms with Crippen LogP contribution < -0.4 is 5.32 Å². The van der Waals surface area contributed by atoms with Crippen molar-refractivity contribution in [2.24, 2.45) is 5.41 Å². The average Bonchev–Trinajstić information content (AvgIpc) is 3.21. The number of nitrogens with one attached hydrogen (secondary N) is 1. The number of para-hydroxylation sites is 1. The van der Waals surface area contributed by atoms with Crippen LogP contribution in [0, 0.1) is 5.41 Å². The lowest BCUT2D eigenvalue weighted by atomic mass is 9.66. The molecule has 0 saturated carbocycles. The van der Waals surface area contributed by atoms with Gasteiger partial charge in [-0.3, -0.25) is 4.90 Å². The molecule has 4 heterocycles. The molecule has 188 valence electrons. The number of halogens is 3. The van der Waals surface area contributed by atoms with Crippen molar-refractivity contribution in [2.45, 2.75) is 44.8 Å². The number of thiocarbonyl (C=S) groups is 1. The van der Waals surface area contributed by atoms with Gasteiger partial charge in [-0.05, 0) is 80.3 Å². The normalized spacial score (nSPS) is 23.2. The lowest BCUT2D eigenvalue weighted by Crippen LogP contribution is -2.50. The fraction of sp³-hybridized carbons (Fsp3) is 0.393. The van der Waals surface area contributed by atoms with Crippen LogP contribution in [0.15, 0.2) is 54.6 Å². The zero-order valence-corrected chi connectivity index (χ0v) is 20.9. The Bertz CT molecular complexity index is 1360. The molecule has 0 aliphatic carbocycles. The van der Waals surface area contributed by atoms with Crippen LogP contribution in [0.2, 0.25) is 0 Å². The van der Waals surface area contributed by atoms with Crippen molar-refractivity contribution in [3.05, 3.63) is 71.4 Å². The number of aromatic nitrogens is 1. The van der Waals surface area contributed by atoms with Crippen molar-refractivity contribution >= 4 is 39.7 Å². The maximum Gasteiger partial charge on any atom is 0.416 e. The summed E-state index contributed by atoms with van der Waals surface area (Å²) >= 11 is 5.41. The van der Waals surface area contributed by atoms with Gasteiger partial charge in [0.1, 0.15) is 6.61 Å². The van der Waals surface area contributed by atoms with E-state index in [1.807, 2.05) is 0 Å². The minimum absolute atomic E-state index is 0.0545. The molecule has 0 radical (unpaired) electrons. The summed E-state index contributed by atoms with van der Waals surface area (Å²) in [5, 5.41) is 4.37. The van der Waals surface area contributed by atoms with Crippen LogP contribution in [0.25, 0.3) is 16.6 Å². The molecule has 0 unspecified atom stereocenters. The second-order valence-electron chi connectivity index (χ2n) is 10.0. The predicted octanol–water partition coefficient (Wildman–Crippen LogP) is 7.02. The number of rotatable bonds is 4. The fourth-order valence-electron chi connectivity index (χ4n) is 6.53. The molecule has 1 saturated heterocycles. The molecule has 1 aromatic heterocycles. The van der Waals surface area contributed by atoms with Crippen molar-refractivity contribution in [2.75, 3.05) is 25.0 Å². The molecular weight excluding hydrogens is 483 g/mol. The van der Waals surface area contributed by atoms with Crippen molar-refractivity contribution in [3.8, 4) is 0 Å². The van der Waals surface area contributed by atoms with Gasteiger partial charge in [-0.25, -0.2) is 0 Å². The zero-order chi connectivity index (χ0) is 25.1. The molecule has 0 amide bonds. The molecule has 3 aliphatic rings. The summed E-state index contributed by atoms with van der Waals surface area (Å²) in [6, 6.07) is 13.7. The molecule has 2 atom stereocenters. The van der Waals surface area contributed by atoms with E-state index in [1.54, 1.807) is 0 Å². The summed E-state index contributed by atoms with van der Waals surface area (Å²) in [7, 11) is 0. The van der Waals surface area contributed by atoms with Crippen LogP contribution in [0.4, 0.5) is 18.9 Å². The monoisotopic (exact) mass is 511 g/mol. The Kier molecular flexibility index (Phi) is 5.64. The van der Waals surface area contributed by atoms with E-state index in [0.29, 0.717) is 11.7 Å². The number of alkyl halides is 3. The Labute approximate surface area is 213 Å². The summed E-state index contributed by atoms with van der Waals surface area (Å²) < 4.78 is 47.0. The zero-order valence-electron chi connectivity index (χ0n) is 20.1. The Morgan fingerprint density at radius 1 is 1.14 bits per heavy atom. The molecule has 0 bridgehead atoms. The van der Waals surface area contributed by atoms with E-state index in [9.17, 15) is 13.2 Å². The maximum absolute atomic E-state index is 12.9. The van der Waals surface area contributed by atoms with E-state index in [-0.39, 0.29) is 17.2 Å². The number of nitrogens with zero attached hydrogens (tertiary/aromatic N) is 2. The van der Waals surface area contributed by atoms with Crippen molar-refractivity contribution in [1.29, 1.82) is 0 Å². The van der Waals surface area contributed by atoms with Gasteiger partial charge < -0.3 is 14.6 Å². The van der Waals surface area contributed by atoms with Gasteiger partial charge in [-0.15, -0.1) is 0 Å². The van der Waals surface area contributed by atoms with Crippen molar-refractivity contribution < 1.29 is 17.9 Å². The molecule has 8 heteroatoms. The average molecular weight is 512 g/mol. The first-order chi connectivity index (χ1) is 17.3. The molecule has 3 aliphatic heterocycles. The van der Waals surface area contributed by atoms with Crippen LogP contribution in [-0.4, -0.2) is 34.3 Å². The first kappa shape index (κ1) is 23.6. The van der Waals surface area contributed by atoms with Crippen molar-refractivity contribution in [3.63, 3.8) is 0 Å². The second kappa shape index (κ2) is 8.63. The third-order valence-electron chi connectivity index (χ3n) is 8.13.